The average Bonchev–Trinajstić information content (AvgIpc) is 3.35. The molecule has 0 radical (unpaired) electrons. The summed E-state index contributed by atoms with van der Waals surface area (Å²) in [7, 11) is 1.60. The normalized spacial score (nSPS) is 15.2. The maximum absolute atomic E-state index is 13.6. The van der Waals surface area contributed by atoms with E-state index in [2.05, 4.69) is 10.2 Å². The van der Waals surface area contributed by atoms with E-state index in [0.717, 1.165) is 22.3 Å². The van der Waals surface area contributed by atoms with Gasteiger partial charge in [-0.15, -0.1) is 0 Å². The molecule has 1 N–H and O–H groups in total. The van der Waals surface area contributed by atoms with Crippen molar-refractivity contribution in [3.05, 3.63) is 107 Å². The highest BCUT2D eigenvalue weighted by Crippen LogP contribution is 2.43. The van der Waals surface area contributed by atoms with E-state index in [4.69, 9.17) is 4.74 Å². The second-order valence-corrected chi connectivity index (χ2v) is 7.60. The number of methoxy groups -OCH3 is 1. The first-order valence-corrected chi connectivity index (χ1v) is 10.1. The van der Waals surface area contributed by atoms with Crippen molar-refractivity contribution in [1.29, 1.82) is 0 Å². The van der Waals surface area contributed by atoms with Crippen LogP contribution in [-0.4, -0.2) is 28.1 Å². The van der Waals surface area contributed by atoms with E-state index in [1.165, 1.54) is 24.3 Å². The molecule has 0 bridgehead atoms. The Bertz CT molecular complexity index is 1270. The zero-order valence-electron chi connectivity index (χ0n) is 17.2. The molecule has 32 heavy (non-hydrogen) atoms. The monoisotopic (exact) mass is 431 g/mol. The van der Waals surface area contributed by atoms with Crippen molar-refractivity contribution in [2.75, 3.05) is 7.11 Å². The Kier molecular flexibility index (Phi) is 4.93. The molecule has 1 aliphatic heterocycles. The lowest BCUT2D eigenvalue weighted by Gasteiger charge is -2.26. The van der Waals surface area contributed by atoms with Gasteiger partial charge in [-0.05, 0) is 59.7 Å². The number of halogens is 2. The van der Waals surface area contributed by atoms with Crippen molar-refractivity contribution in [2.24, 2.45) is 0 Å². The molecule has 0 saturated carbocycles. The minimum Gasteiger partial charge on any atom is -0.497 e. The fourth-order valence-corrected chi connectivity index (χ4v) is 4.11. The first kappa shape index (κ1) is 19.9. The fraction of sp³-hybridized carbons (Fsp3) is 0.120. The zero-order chi connectivity index (χ0) is 22.2. The van der Waals surface area contributed by atoms with Crippen LogP contribution in [0.4, 0.5) is 8.78 Å². The minimum absolute atomic E-state index is 0.217. The van der Waals surface area contributed by atoms with E-state index < -0.39 is 6.04 Å². The zero-order valence-corrected chi connectivity index (χ0v) is 17.2. The van der Waals surface area contributed by atoms with Crippen LogP contribution in [0.25, 0.3) is 11.3 Å². The summed E-state index contributed by atoms with van der Waals surface area (Å²) in [6, 6.07) is 19.1. The van der Waals surface area contributed by atoms with E-state index >= 15 is 0 Å². The van der Waals surface area contributed by atoms with Crippen LogP contribution in [0, 0.1) is 11.6 Å². The van der Waals surface area contributed by atoms with E-state index in [-0.39, 0.29) is 24.1 Å². The number of hydrogen-bond donors (Lipinski definition) is 1. The topological polar surface area (TPSA) is 58.2 Å². The predicted octanol–water partition coefficient (Wildman–Crippen LogP) is 5.11. The molecule has 4 aromatic rings. The number of rotatable bonds is 5. The summed E-state index contributed by atoms with van der Waals surface area (Å²) in [6.07, 6.45) is 0. The largest absolute Gasteiger partial charge is 0.497 e. The van der Waals surface area contributed by atoms with Crippen molar-refractivity contribution in [3.63, 3.8) is 0 Å². The molecule has 7 heteroatoms. The molecule has 0 saturated heterocycles. The summed E-state index contributed by atoms with van der Waals surface area (Å²) in [5, 5.41) is 7.32. The van der Waals surface area contributed by atoms with Crippen molar-refractivity contribution in [3.8, 4) is 17.0 Å². The lowest BCUT2D eigenvalue weighted by molar-refractivity contribution is 0.0730. The maximum Gasteiger partial charge on any atom is 0.273 e. The number of carbonyl (C=O) groups excluding carboxylic acids is 1. The molecule has 2 heterocycles. The molecule has 160 valence electrons. The summed E-state index contributed by atoms with van der Waals surface area (Å²) in [4.78, 5) is 15.0. The lowest BCUT2D eigenvalue weighted by atomic mass is 9.96. The Labute approximate surface area is 183 Å². The average molecular weight is 431 g/mol. The van der Waals surface area contributed by atoms with Crippen LogP contribution in [0.3, 0.4) is 0 Å². The van der Waals surface area contributed by atoms with Crippen LogP contribution in [0.15, 0.2) is 72.8 Å². The van der Waals surface area contributed by atoms with Gasteiger partial charge in [-0.2, -0.15) is 5.10 Å². The standard InChI is InChI=1S/C25H19F2N3O2/c1-32-20-12-6-16(7-13-20)22-21-23(29-28-22)25(31)30(14-15-2-8-18(26)9-3-15)24(21)17-4-10-19(27)11-5-17/h2-13,24H,14H2,1H3,(H,28,29). The number of hydrogen-bond acceptors (Lipinski definition) is 3. The molecule has 1 atom stereocenters. The summed E-state index contributed by atoms with van der Waals surface area (Å²) in [6.45, 7) is 0.270. The predicted molar refractivity (Wildman–Crippen MR) is 115 cm³/mol. The Morgan fingerprint density at radius 3 is 2.19 bits per heavy atom. The molecular formula is C25H19F2N3O2. The Morgan fingerprint density at radius 2 is 1.56 bits per heavy atom. The third-order valence-electron chi connectivity index (χ3n) is 5.68. The quantitative estimate of drug-likeness (QED) is 0.478. The molecule has 5 rings (SSSR count). The molecule has 1 unspecified atom stereocenters. The van der Waals surface area contributed by atoms with Gasteiger partial charge >= 0.3 is 0 Å². The highest BCUT2D eigenvalue weighted by Gasteiger charge is 2.42. The Morgan fingerprint density at radius 1 is 0.938 bits per heavy atom. The Balaban J connectivity index is 1.61. The second kappa shape index (κ2) is 7.92. The van der Waals surface area contributed by atoms with Crippen molar-refractivity contribution < 1.29 is 18.3 Å². The van der Waals surface area contributed by atoms with Gasteiger partial charge in [-0.25, -0.2) is 8.78 Å². The highest BCUT2D eigenvalue weighted by atomic mass is 19.1. The maximum atomic E-state index is 13.6. The first-order chi connectivity index (χ1) is 15.5. The van der Waals surface area contributed by atoms with Gasteiger partial charge in [0.1, 0.15) is 23.1 Å². The molecule has 0 aliphatic carbocycles. The van der Waals surface area contributed by atoms with Crippen molar-refractivity contribution in [2.45, 2.75) is 12.6 Å². The van der Waals surface area contributed by atoms with E-state index in [0.29, 0.717) is 17.1 Å². The molecule has 1 aromatic heterocycles. The summed E-state index contributed by atoms with van der Waals surface area (Å²) < 4.78 is 32.3. The minimum atomic E-state index is -0.473. The molecule has 3 aromatic carbocycles. The molecule has 1 aliphatic rings. The Hall–Kier alpha value is -4.00. The first-order valence-electron chi connectivity index (χ1n) is 10.1. The second-order valence-electron chi connectivity index (χ2n) is 7.60. The summed E-state index contributed by atoms with van der Waals surface area (Å²) in [5.74, 6) is -0.199. The molecule has 0 spiro atoms. The van der Waals surface area contributed by atoms with Crippen LogP contribution in [-0.2, 0) is 6.54 Å². The number of aromatic amines is 1. The van der Waals surface area contributed by atoms with Gasteiger partial charge in [0.05, 0.1) is 18.8 Å². The number of nitrogens with one attached hydrogen (secondary N) is 1. The number of benzene rings is 3. The molecular weight excluding hydrogens is 412 g/mol. The van der Waals surface area contributed by atoms with Crippen molar-refractivity contribution >= 4 is 5.91 Å². The van der Waals surface area contributed by atoms with Gasteiger partial charge in [0.25, 0.3) is 5.91 Å². The molecule has 5 nitrogen and oxygen atoms in total. The van der Waals surface area contributed by atoms with Crippen molar-refractivity contribution in [1.82, 2.24) is 15.1 Å². The van der Waals surface area contributed by atoms with Crippen LogP contribution >= 0.6 is 0 Å². The third kappa shape index (κ3) is 3.41. The summed E-state index contributed by atoms with van der Waals surface area (Å²) in [5.41, 5.74) is 4.15. The number of fused-ring (bicyclic) bond motifs is 1. The van der Waals surface area contributed by atoms with Crippen LogP contribution in [0.1, 0.15) is 33.2 Å². The number of H-pyrrole nitrogens is 1. The smallest absolute Gasteiger partial charge is 0.273 e. The van der Waals surface area contributed by atoms with Crippen LogP contribution in [0.2, 0.25) is 0 Å². The van der Waals surface area contributed by atoms with Crippen LogP contribution in [0.5, 0.6) is 5.75 Å². The van der Waals surface area contributed by atoms with Gasteiger partial charge < -0.3 is 9.64 Å². The number of aromatic nitrogens is 2. The van der Waals surface area contributed by atoms with E-state index in [9.17, 15) is 13.6 Å². The molecule has 0 fully saturated rings. The number of amides is 1. The van der Waals surface area contributed by atoms with Gasteiger partial charge in [-0.1, -0.05) is 24.3 Å². The van der Waals surface area contributed by atoms with Crippen LogP contribution < -0.4 is 4.74 Å². The van der Waals surface area contributed by atoms with Gasteiger partial charge in [0.2, 0.25) is 0 Å². The SMILES string of the molecule is COc1ccc(-c2n[nH]c3c2C(c2ccc(F)cc2)N(Cc2ccc(F)cc2)C3=O)cc1. The summed E-state index contributed by atoms with van der Waals surface area (Å²) >= 11 is 0. The molecule has 1 amide bonds. The number of nitrogens with zero attached hydrogens (tertiary/aromatic N) is 2. The fourth-order valence-electron chi connectivity index (χ4n) is 4.11. The third-order valence-corrected chi connectivity index (χ3v) is 5.68. The van der Waals surface area contributed by atoms with Gasteiger partial charge in [0.15, 0.2) is 0 Å². The van der Waals surface area contributed by atoms with E-state index in [1.54, 1.807) is 36.3 Å². The van der Waals surface area contributed by atoms with Gasteiger partial charge in [0, 0.05) is 17.7 Å². The highest BCUT2D eigenvalue weighted by molar-refractivity contribution is 6.00. The number of ether oxygens (including phenoxy) is 1. The van der Waals surface area contributed by atoms with E-state index in [1.807, 2.05) is 24.3 Å². The number of carbonyl (C=O) groups is 1. The van der Waals surface area contributed by atoms with Gasteiger partial charge in [-0.3, -0.25) is 9.89 Å². The lowest BCUT2D eigenvalue weighted by Crippen LogP contribution is -2.29.